The van der Waals surface area contributed by atoms with Crippen molar-refractivity contribution in [1.29, 1.82) is 0 Å². The number of nitrogens with zero attached hydrogens (tertiary/aromatic N) is 3. The first-order valence-corrected chi connectivity index (χ1v) is 7.11. The number of hydrogen-bond donors (Lipinski definition) is 1. The highest BCUT2D eigenvalue weighted by atomic mass is 35.5. The van der Waals surface area contributed by atoms with Crippen LogP contribution in [0, 0.1) is 4.77 Å². The number of benzene rings is 1. The zero-order chi connectivity index (χ0) is 13.9. The van der Waals surface area contributed by atoms with E-state index in [9.17, 15) is 0 Å². The number of hydrogen-bond acceptors (Lipinski definition) is 4. The Kier molecular flexibility index (Phi) is 3.95. The van der Waals surface area contributed by atoms with Crippen molar-refractivity contribution >= 4 is 30.0 Å². The van der Waals surface area contributed by atoms with Gasteiger partial charge in [0.1, 0.15) is 6.10 Å². The predicted molar refractivity (Wildman–Crippen MR) is 79.8 cm³/mol. The lowest BCUT2D eigenvalue weighted by atomic mass is 10.2. The molecule has 1 saturated heterocycles. The van der Waals surface area contributed by atoms with E-state index >= 15 is 0 Å². The summed E-state index contributed by atoms with van der Waals surface area (Å²) in [5, 5.41) is 12.0. The maximum atomic E-state index is 5.85. The molecule has 0 spiro atoms. The van der Waals surface area contributed by atoms with Crippen LogP contribution in [0.3, 0.4) is 0 Å². The van der Waals surface area contributed by atoms with Gasteiger partial charge >= 0.3 is 0 Å². The molecule has 20 heavy (non-hydrogen) atoms. The van der Waals surface area contributed by atoms with Gasteiger partial charge in [0.2, 0.25) is 4.77 Å². The first-order chi connectivity index (χ1) is 9.74. The maximum Gasteiger partial charge on any atom is 0.216 e. The van der Waals surface area contributed by atoms with E-state index in [-0.39, 0.29) is 6.10 Å². The number of rotatable bonds is 3. The maximum absolute atomic E-state index is 5.85. The van der Waals surface area contributed by atoms with Crippen molar-refractivity contribution in [3.63, 3.8) is 0 Å². The monoisotopic (exact) mass is 308 g/mol. The van der Waals surface area contributed by atoms with Crippen LogP contribution in [-0.2, 0) is 4.74 Å². The minimum atomic E-state index is -0.0367. The van der Waals surface area contributed by atoms with Crippen LogP contribution in [0.25, 0.3) is 0 Å². The van der Waals surface area contributed by atoms with Gasteiger partial charge in [-0.3, -0.25) is 5.10 Å². The van der Waals surface area contributed by atoms with E-state index in [0.717, 1.165) is 30.8 Å². The van der Waals surface area contributed by atoms with Crippen LogP contribution in [0.2, 0.25) is 5.02 Å². The molecule has 5 nitrogen and oxygen atoms in total. The van der Waals surface area contributed by atoms with E-state index < -0.39 is 0 Å². The highest BCUT2D eigenvalue weighted by molar-refractivity contribution is 7.71. The first kappa shape index (κ1) is 13.5. The summed E-state index contributed by atoms with van der Waals surface area (Å²) in [5.74, 6) is 0.720. The topological polar surface area (TPSA) is 55.2 Å². The van der Waals surface area contributed by atoms with E-state index in [1.807, 2.05) is 24.3 Å². The quantitative estimate of drug-likeness (QED) is 0.699. The van der Waals surface area contributed by atoms with Crippen molar-refractivity contribution in [3.8, 4) is 0 Å². The molecule has 104 valence electrons. The van der Waals surface area contributed by atoms with E-state index in [2.05, 4.69) is 15.3 Å². The van der Waals surface area contributed by atoms with Gasteiger partial charge in [0.15, 0.2) is 5.82 Å². The fourth-order valence-corrected chi connectivity index (χ4v) is 2.39. The summed E-state index contributed by atoms with van der Waals surface area (Å²) in [6, 6.07) is 7.42. The zero-order valence-electron chi connectivity index (χ0n) is 10.6. The number of ether oxygens (including phenoxy) is 1. The number of aromatic nitrogens is 3. The summed E-state index contributed by atoms with van der Waals surface area (Å²) in [5.41, 5.74) is 0.941. The minimum Gasteiger partial charge on any atom is -0.370 e. The molecule has 1 aliphatic rings. The Morgan fingerprint density at radius 1 is 1.45 bits per heavy atom. The van der Waals surface area contributed by atoms with Crippen LogP contribution < -0.4 is 0 Å². The number of H-pyrrole nitrogens is 1. The fourth-order valence-electron chi connectivity index (χ4n) is 2.08. The van der Waals surface area contributed by atoms with Gasteiger partial charge in [-0.2, -0.15) is 14.9 Å². The Bertz CT molecular complexity index is 670. The molecule has 0 bridgehead atoms. The first-order valence-electron chi connectivity index (χ1n) is 6.33. The standard InChI is InChI=1S/C13H13ClN4OS/c14-10-5-3-9(4-6-10)8-15-18-12(16-17-13(18)20)11-2-1-7-19-11/h3-6,8,11H,1-2,7H2,(H,17,20)/b15-8-/t11-/m0/s1. The minimum absolute atomic E-state index is 0.0367. The van der Waals surface area contributed by atoms with Gasteiger partial charge in [0, 0.05) is 11.6 Å². The molecule has 2 heterocycles. The Morgan fingerprint density at radius 3 is 2.95 bits per heavy atom. The molecule has 0 amide bonds. The highest BCUT2D eigenvalue weighted by Gasteiger charge is 2.23. The molecule has 0 saturated carbocycles. The second-order valence-corrected chi connectivity index (χ2v) is 5.32. The van der Waals surface area contributed by atoms with Crippen molar-refractivity contribution in [3.05, 3.63) is 45.4 Å². The lowest BCUT2D eigenvalue weighted by molar-refractivity contribution is 0.102. The molecule has 1 aliphatic heterocycles. The molecular weight excluding hydrogens is 296 g/mol. The van der Waals surface area contributed by atoms with E-state index in [0.29, 0.717) is 9.79 Å². The normalized spacial score (nSPS) is 18.9. The van der Waals surface area contributed by atoms with Crippen LogP contribution in [0.1, 0.15) is 30.3 Å². The van der Waals surface area contributed by atoms with E-state index in [1.54, 1.807) is 10.9 Å². The second kappa shape index (κ2) is 5.87. The molecule has 0 aliphatic carbocycles. The van der Waals surface area contributed by atoms with Crippen molar-refractivity contribution in [2.24, 2.45) is 5.10 Å². The Balaban J connectivity index is 1.88. The lowest BCUT2D eigenvalue weighted by Crippen LogP contribution is -2.05. The van der Waals surface area contributed by atoms with Crippen LogP contribution in [0.15, 0.2) is 29.4 Å². The summed E-state index contributed by atoms with van der Waals surface area (Å²) < 4.78 is 7.69. The average molecular weight is 309 g/mol. The lowest BCUT2D eigenvalue weighted by Gasteiger charge is -2.07. The van der Waals surface area contributed by atoms with Gasteiger partial charge in [0.25, 0.3) is 0 Å². The van der Waals surface area contributed by atoms with Gasteiger partial charge in [-0.25, -0.2) is 0 Å². The van der Waals surface area contributed by atoms with Crippen LogP contribution >= 0.6 is 23.8 Å². The van der Waals surface area contributed by atoms with Gasteiger partial charge in [-0.1, -0.05) is 23.7 Å². The molecule has 7 heteroatoms. The van der Waals surface area contributed by atoms with Crippen LogP contribution in [-0.4, -0.2) is 27.7 Å². The fraction of sp³-hybridized carbons (Fsp3) is 0.308. The molecule has 0 radical (unpaired) electrons. The Hall–Kier alpha value is -1.50. The van der Waals surface area contributed by atoms with Gasteiger partial charge in [0.05, 0.1) is 6.21 Å². The molecule has 1 atom stereocenters. The predicted octanol–water partition coefficient (Wildman–Crippen LogP) is 3.33. The van der Waals surface area contributed by atoms with Crippen LogP contribution in [0.5, 0.6) is 0 Å². The Labute approximate surface area is 126 Å². The summed E-state index contributed by atoms with van der Waals surface area (Å²) in [6.45, 7) is 0.755. The van der Waals surface area contributed by atoms with Gasteiger partial charge in [-0.05, 0) is 42.8 Å². The van der Waals surface area contributed by atoms with E-state index in [1.165, 1.54) is 0 Å². The van der Waals surface area contributed by atoms with Crippen molar-refractivity contribution in [1.82, 2.24) is 14.9 Å². The summed E-state index contributed by atoms with van der Waals surface area (Å²) in [4.78, 5) is 0. The van der Waals surface area contributed by atoms with Crippen molar-refractivity contribution in [2.75, 3.05) is 6.61 Å². The molecule has 1 N–H and O–H groups in total. The third-order valence-corrected chi connectivity index (χ3v) is 3.60. The molecule has 0 unspecified atom stereocenters. The second-order valence-electron chi connectivity index (χ2n) is 4.50. The average Bonchev–Trinajstić information content (AvgIpc) is 3.08. The molecular formula is C13H13ClN4OS. The number of halogens is 1. The number of aromatic amines is 1. The number of nitrogens with one attached hydrogen (secondary N) is 1. The SMILES string of the molecule is S=c1[nH]nc([C@@H]2CCCO2)n1/N=C\c1ccc(Cl)cc1. The zero-order valence-corrected chi connectivity index (χ0v) is 12.2. The summed E-state index contributed by atoms with van der Waals surface area (Å²) in [7, 11) is 0. The van der Waals surface area contributed by atoms with Crippen LogP contribution in [0.4, 0.5) is 0 Å². The van der Waals surface area contributed by atoms with Gasteiger partial charge in [-0.15, -0.1) is 0 Å². The van der Waals surface area contributed by atoms with Crippen molar-refractivity contribution < 1.29 is 4.74 Å². The Morgan fingerprint density at radius 2 is 2.25 bits per heavy atom. The largest absolute Gasteiger partial charge is 0.370 e. The molecule has 1 aromatic heterocycles. The smallest absolute Gasteiger partial charge is 0.216 e. The third kappa shape index (κ3) is 2.82. The summed E-state index contributed by atoms with van der Waals surface area (Å²) in [6.07, 6.45) is 3.66. The highest BCUT2D eigenvalue weighted by Crippen LogP contribution is 2.26. The molecule has 2 aromatic rings. The summed E-state index contributed by atoms with van der Waals surface area (Å²) >= 11 is 11.0. The van der Waals surface area contributed by atoms with E-state index in [4.69, 9.17) is 28.6 Å². The molecule has 3 rings (SSSR count). The third-order valence-electron chi connectivity index (χ3n) is 3.09. The van der Waals surface area contributed by atoms with Crippen molar-refractivity contribution in [2.45, 2.75) is 18.9 Å². The molecule has 1 aromatic carbocycles. The van der Waals surface area contributed by atoms with Gasteiger partial charge < -0.3 is 4.74 Å². The molecule has 1 fully saturated rings.